The molecule has 0 saturated heterocycles. The van der Waals surface area contributed by atoms with Gasteiger partial charge in [-0.15, -0.1) is 0 Å². The second-order valence-corrected chi connectivity index (χ2v) is 5.54. The van der Waals surface area contributed by atoms with Crippen LogP contribution >= 0.6 is 0 Å². The Hall–Kier alpha value is -2.01. The summed E-state index contributed by atoms with van der Waals surface area (Å²) in [7, 11) is 0. The van der Waals surface area contributed by atoms with Gasteiger partial charge >= 0.3 is 5.97 Å². The third kappa shape index (κ3) is 5.60. The van der Waals surface area contributed by atoms with E-state index < -0.39 is 17.5 Å². The van der Waals surface area contributed by atoms with Crippen LogP contribution in [0.25, 0.3) is 0 Å². The number of hydrogen-bond donors (Lipinski definition) is 1. The largest absolute Gasteiger partial charge is 0.463 e. The molecule has 0 aromatic heterocycles. The molecule has 0 amide bonds. The molecule has 1 atom stereocenters. The molecule has 0 aliphatic heterocycles. The second kappa shape index (κ2) is 9.90. The molecule has 0 bridgehead atoms. The quantitative estimate of drug-likeness (QED) is 0.293. The highest BCUT2D eigenvalue weighted by Gasteiger charge is 2.39. The van der Waals surface area contributed by atoms with Crippen molar-refractivity contribution in [1.82, 2.24) is 0 Å². The van der Waals surface area contributed by atoms with E-state index in [4.69, 9.17) is 4.74 Å². The summed E-state index contributed by atoms with van der Waals surface area (Å²) < 4.78 is 5.18. The summed E-state index contributed by atoms with van der Waals surface area (Å²) in [6, 6.07) is 8.59. The van der Waals surface area contributed by atoms with Gasteiger partial charge in [0.15, 0.2) is 5.60 Å². The van der Waals surface area contributed by atoms with Gasteiger partial charge in [0.1, 0.15) is 12.6 Å². The van der Waals surface area contributed by atoms with E-state index in [1.807, 2.05) is 6.92 Å². The molecule has 0 spiro atoms. The minimum absolute atomic E-state index is 0.0974. The maximum atomic E-state index is 12.3. The van der Waals surface area contributed by atoms with E-state index in [-0.39, 0.29) is 13.0 Å². The summed E-state index contributed by atoms with van der Waals surface area (Å²) in [5, 5.41) is 10.9. The maximum absolute atomic E-state index is 12.3. The number of aldehydes is 2. The fourth-order valence-electron chi connectivity index (χ4n) is 2.27. The minimum atomic E-state index is -1.76. The number of esters is 1. The van der Waals surface area contributed by atoms with Gasteiger partial charge in [0.2, 0.25) is 0 Å². The van der Waals surface area contributed by atoms with E-state index in [1.165, 1.54) is 0 Å². The molecule has 1 rings (SSSR count). The van der Waals surface area contributed by atoms with Crippen LogP contribution in [0.3, 0.4) is 0 Å². The molecule has 0 aliphatic rings. The standard InChI is InChI=1S/C18H24O5/c1-2-3-12-23-17(21)18(22,16-9-5-4-6-10-16)11-7-8-15(13-19)14-20/h4-6,9-10,13-15,22H,2-3,7-8,11-12H2,1H3. The number of carbonyl (C=O) groups excluding carboxylic acids is 3. The van der Waals surface area contributed by atoms with Gasteiger partial charge in [-0.05, 0) is 31.2 Å². The Morgan fingerprint density at radius 2 is 1.87 bits per heavy atom. The lowest BCUT2D eigenvalue weighted by Gasteiger charge is -2.26. The lowest BCUT2D eigenvalue weighted by atomic mass is 9.87. The zero-order valence-electron chi connectivity index (χ0n) is 13.4. The molecule has 1 aromatic rings. The zero-order chi connectivity index (χ0) is 17.1. The first-order chi connectivity index (χ1) is 11.1. The van der Waals surface area contributed by atoms with Crippen LogP contribution in [-0.4, -0.2) is 30.3 Å². The Morgan fingerprint density at radius 1 is 1.22 bits per heavy atom. The summed E-state index contributed by atoms with van der Waals surface area (Å²) in [6.45, 7) is 2.24. The van der Waals surface area contributed by atoms with Crippen molar-refractivity contribution in [2.75, 3.05) is 6.61 Å². The lowest BCUT2D eigenvalue weighted by Crippen LogP contribution is -2.37. The fraction of sp³-hybridized carbons (Fsp3) is 0.500. The van der Waals surface area contributed by atoms with E-state index in [0.717, 1.165) is 12.8 Å². The van der Waals surface area contributed by atoms with Gasteiger partial charge in [0.25, 0.3) is 0 Å². The molecule has 0 radical (unpaired) electrons. The van der Waals surface area contributed by atoms with Crippen molar-refractivity contribution in [1.29, 1.82) is 0 Å². The molecule has 5 nitrogen and oxygen atoms in total. The first kappa shape index (κ1) is 19.0. The number of aliphatic hydroxyl groups is 1. The molecule has 1 N–H and O–H groups in total. The van der Waals surface area contributed by atoms with Crippen LogP contribution in [0.4, 0.5) is 0 Å². The highest BCUT2D eigenvalue weighted by Crippen LogP contribution is 2.29. The van der Waals surface area contributed by atoms with Crippen LogP contribution < -0.4 is 0 Å². The smallest absolute Gasteiger partial charge is 0.342 e. The van der Waals surface area contributed by atoms with E-state index >= 15 is 0 Å². The maximum Gasteiger partial charge on any atom is 0.342 e. The van der Waals surface area contributed by atoms with Gasteiger partial charge < -0.3 is 19.4 Å². The first-order valence-corrected chi connectivity index (χ1v) is 7.94. The van der Waals surface area contributed by atoms with Gasteiger partial charge in [-0.3, -0.25) is 0 Å². The van der Waals surface area contributed by atoms with E-state index in [9.17, 15) is 19.5 Å². The first-order valence-electron chi connectivity index (χ1n) is 7.94. The van der Waals surface area contributed by atoms with Crippen LogP contribution in [0.5, 0.6) is 0 Å². The van der Waals surface area contributed by atoms with Gasteiger partial charge in [-0.25, -0.2) is 4.79 Å². The van der Waals surface area contributed by atoms with Gasteiger partial charge in [0.05, 0.1) is 12.5 Å². The highest BCUT2D eigenvalue weighted by molar-refractivity contribution is 5.81. The Bertz CT molecular complexity index is 491. The Kier molecular flexibility index (Phi) is 8.19. The number of hydrogen-bond acceptors (Lipinski definition) is 5. The minimum Gasteiger partial charge on any atom is -0.463 e. The van der Waals surface area contributed by atoms with E-state index in [0.29, 0.717) is 31.0 Å². The van der Waals surface area contributed by atoms with Crippen molar-refractivity contribution in [3.63, 3.8) is 0 Å². The summed E-state index contributed by atoms with van der Waals surface area (Å²) in [5.74, 6) is -1.39. The van der Waals surface area contributed by atoms with Crippen LogP contribution in [0.2, 0.25) is 0 Å². The van der Waals surface area contributed by atoms with Crippen molar-refractivity contribution in [2.45, 2.75) is 44.6 Å². The number of unbranched alkanes of at least 4 members (excludes halogenated alkanes) is 1. The molecule has 1 aromatic carbocycles. The number of carbonyl (C=O) groups is 3. The van der Waals surface area contributed by atoms with Crippen molar-refractivity contribution in [2.24, 2.45) is 5.92 Å². The third-order valence-corrected chi connectivity index (χ3v) is 3.75. The molecule has 0 saturated carbocycles. The van der Waals surface area contributed by atoms with E-state index in [2.05, 4.69) is 0 Å². The van der Waals surface area contributed by atoms with Gasteiger partial charge in [-0.1, -0.05) is 43.7 Å². The van der Waals surface area contributed by atoms with Crippen LogP contribution in [0, 0.1) is 5.92 Å². The normalized spacial score (nSPS) is 13.3. The monoisotopic (exact) mass is 320 g/mol. The van der Waals surface area contributed by atoms with E-state index in [1.54, 1.807) is 30.3 Å². The summed E-state index contributed by atoms with van der Waals surface area (Å²) in [5.41, 5.74) is -1.30. The molecular formula is C18H24O5. The molecule has 0 aliphatic carbocycles. The molecule has 0 fully saturated rings. The number of rotatable bonds is 11. The number of ether oxygens (including phenoxy) is 1. The highest BCUT2D eigenvalue weighted by atomic mass is 16.5. The average molecular weight is 320 g/mol. The van der Waals surface area contributed by atoms with Crippen LogP contribution in [0.15, 0.2) is 30.3 Å². The molecular weight excluding hydrogens is 296 g/mol. The lowest BCUT2D eigenvalue weighted by molar-refractivity contribution is -0.168. The summed E-state index contributed by atoms with van der Waals surface area (Å²) >= 11 is 0. The Balaban J connectivity index is 2.82. The average Bonchev–Trinajstić information content (AvgIpc) is 2.59. The second-order valence-electron chi connectivity index (χ2n) is 5.54. The SMILES string of the molecule is CCCCOC(=O)C(O)(CCCC(C=O)C=O)c1ccccc1. The summed E-state index contributed by atoms with van der Waals surface area (Å²) in [6.07, 6.45) is 3.52. The predicted molar refractivity (Wildman–Crippen MR) is 85.7 cm³/mol. The van der Waals surface area contributed by atoms with Crippen molar-refractivity contribution in [3.8, 4) is 0 Å². The zero-order valence-corrected chi connectivity index (χ0v) is 13.4. The molecule has 5 heteroatoms. The molecule has 23 heavy (non-hydrogen) atoms. The van der Waals surface area contributed by atoms with Crippen molar-refractivity contribution in [3.05, 3.63) is 35.9 Å². The number of benzene rings is 1. The third-order valence-electron chi connectivity index (χ3n) is 3.75. The van der Waals surface area contributed by atoms with Gasteiger partial charge in [-0.2, -0.15) is 0 Å². The topological polar surface area (TPSA) is 80.7 Å². The van der Waals surface area contributed by atoms with Crippen molar-refractivity contribution >= 4 is 18.5 Å². The fourth-order valence-corrected chi connectivity index (χ4v) is 2.27. The van der Waals surface area contributed by atoms with Crippen LogP contribution in [0.1, 0.15) is 44.6 Å². The Labute approximate surface area is 136 Å². The van der Waals surface area contributed by atoms with Crippen molar-refractivity contribution < 1.29 is 24.2 Å². The molecule has 126 valence electrons. The molecule has 0 heterocycles. The predicted octanol–water partition coefficient (Wildman–Crippen LogP) is 2.40. The Morgan fingerprint density at radius 3 is 2.43 bits per heavy atom. The summed E-state index contributed by atoms with van der Waals surface area (Å²) in [4.78, 5) is 33.7. The van der Waals surface area contributed by atoms with Gasteiger partial charge in [0, 0.05) is 0 Å². The molecule has 1 unspecified atom stereocenters. The van der Waals surface area contributed by atoms with Crippen LogP contribution in [-0.2, 0) is 24.7 Å².